The molecule has 4 rings (SSSR count). The van der Waals surface area contributed by atoms with Crippen molar-refractivity contribution in [1.29, 1.82) is 0 Å². The molecule has 0 amide bonds. The third kappa shape index (κ3) is 6.21. The Morgan fingerprint density at radius 2 is 1.81 bits per heavy atom. The van der Waals surface area contributed by atoms with Crippen molar-refractivity contribution < 1.29 is 9.47 Å². The topological polar surface area (TPSA) is 21.7 Å². The monoisotopic (exact) mass is 481 g/mol. The molecule has 0 bridgehead atoms. The van der Waals surface area contributed by atoms with Crippen molar-refractivity contribution in [2.24, 2.45) is 0 Å². The summed E-state index contributed by atoms with van der Waals surface area (Å²) < 4.78 is 12.9. The molecule has 1 saturated heterocycles. The van der Waals surface area contributed by atoms with E-state index in [2.05, 4.69) is 89.6 Å². The average molecular weight is 481 g/mol. The van der Waals surface area contributed by atoms with Crippen molar-refractivity contribution >= 4 is 20.1 Å². The van der Waals surface area contributed by atoms with Crippen LogP contribution < -0.4 is 4.74 Å². The molecule has 162 valence electrons. The molecule has 2 heterocycles. The van der Waals surface area contributed by atoms with Crippen LogP contribution in [0, 0.1) is 0 Å². The first-order chi connectivity index (χ1) is 15.3. The van der Waals surface area contributed by atoms with Crippen molar-refractivity contribution in [3.8, 4) is 5.75 Å². The predicted molar refractivity (Wildman–Crippen MR) is 129 cm³/mol. The number of benzene rings is 2. The van der Waals surface area contributed by atoms with Crippen LogP contribution >= 0.6 is 0 Å². The van der Waals surface area contributed by atoms with Gasteiger partial charge in [0.05, 0.1) is 0 Å². The Labute approximate surface area is 192 Å². The molecular formula is C27H31NO2Se. The minimum atomic E-state index is 0.397. The fourth-order valence-electron chi connectivity index (χ4n) is 3.95. The van der Waals surface area contributed by atoms with E-state index in [9.17, 15) is 0 Å². The Hall–Kier alpha value is -2.10. The Morgan fingerprint density at radius 1 is 1.03 bits per heavy atom. The van der Waals surface area contributed by atoms with E-state index in [0.717, 1.165) is 45.0 Å². The van der Waals surface area contributed by atoms with Crippen molar-refractivity contribution in [1.82, 2.24) is 4.90 Å². The minimum absolute atomic E-state index is 0.397. The van der Waals surface area contributed by atoms with Crippen LogP contribution in [0.25, 0.3) is 5.57 Å². The Bertz CT molecular complexity index is 929. The standard InChI is InChI=1S/C27H31NO2Se/c1-2-22(23-7-4-3-5-8-23)21-26(27-9-6-20-31-27)24-10-12-25(13-11-24)30-19-16-28-14-17-29-18-15-28/h3-13,20-22H,2,14-19H2,1H3. The zero-order chi connectivity index (χ0) is 21.3. The number of rotatable bonds is 9. The van der Waals surface area contributed by atoms with E-state index in [1.165, 1.54) is 21.1 Å². The number of nitrogens with zero attached hydrogens (tertiary/aromatic N) is 1. The van der Waals surface area contributed by atoms with E-state index < -0.39 is 0 Å². The molecule has 3 aromatic rings. The first-order valence-electron chi connectivity index (χ1n) is 11.2. The van der Waals surface area contributed by atoms with Gasteiger partial charge in [0.25, 0.3) is 0 Å². The summed E-state index contributed by atoms with van der Waals surface area (Å²) in [7, 11) is 0. The molecule has 0 saturated carbocycles. The first-order valence-corrected chi connectivity index (χ1v) is 13.0. The van der Waals surface area contributed by atoms with E-state index in [4.69, 9.17) is 9.47 Å². The molecule has 31 heavy (non-hydrogen) atoms. The predicted octanol–water partition coefficient (Wildman–Crippen LogP) is 5.08. The van der Waals surface area contributed by atoms with Crippen LogP contribution in [-0.4, -0.2) is 58.9 Å². The van der Waals surface area contributed by atoms with Gasteiger partial charge >= 0.3 is 187 Å². The quantitative estimate of drug-likeness (QED) is 0.399. The van der Waals surface area contributed by atoms with E-state index in [1.54, 1.807) is 0 Å². The zero-order valence-corrected chi connectivity index (χ0v) is 19.9. The summed E-state index contributed by atoms with van der Waals surface area (Å²) in [6, 6.07) is 23.9. The number of allylic oxidation sites excluding steroid dienone is 1. The van der Waals surface area contributed by atoms with E-state index in [1.807, 2.05) is 0 Å². The van der Waals surface area contributed by atoms with Gasteiger partial charge in [-0.25, -0.2) is 0 Å². The van der Waals surface area contributed by atoms with Gasteiger partial charge in [-0.3, -0.25) is 0 Å². The van der Waals surface area contributed by atoms with Gasteiger partial charge in [-0.05, 0) is 0 Å². The molecule has 1 atom stereocenters. The molecule has 0 aliphatic carbocycles. The van der Waals surface area contributed by atoms with Gasteiger partial charge in [0.2, 0.25) is 0 Å². The van der Waals surface area contributed by atoms with Gasteiger partial charge in [0, 0.05) is 0 Å². The van der Waals surface area contributed by atoms with Crippen LogP contribution in [0.2, 0.25) is 0 Å². The van der Waals surface area contributed by atoms with Gasteiger partial charge in [-0.15, -0.1) is 0 Å². The Balaban J connectivity index is 1.48. The number of morpholine rings is 1. The summed E-state index contributed by atoms with van der Waals surface area (Å²) in [6.45, 7) is 7.60. The molecule has 0 N–H and O–H groups in total. The molecule has 2 aromatic carbocycles. The van der Waals surface area contributed by atoms with Gasteiger partial charge in [-0.2, -0.15) is 0 Å². The number of ether oxygens (including phenoxy) is 2. The summed E-state index contributed by atoms with van der Waals surface area (Å²) >= 11 is 0.397. The fourth-order valence-corrected chi connectivity index (χ4v) is 5.58. The van der Waals surface area contributed by atoms with Crippen LogP contribution in [0.5, 0.6) is 5.75 Å². The second-order valence-electron chi connectivity index (χ2n) is 7.81. The third-order valence-electron chi connectivity index (χ3n) is 5.77. The molecule has 1 fully saturated rings. The summed E-state index contributed by atoms with van der Waals surface area (Å²) in [5.41, 5.74) is 4.01. The maximum absolute atomic E-state index is 6.02. The maximum atomic E-state index is 6.02. The molecule has 4 heteroatoms. The van der Waals surface area contributed by atoms with Gasteiger partial charge in [0.15, 0.2) is 0 Å². The first kappa shape index (κ1) is 22.1. The molecule has 0 spiro atoms. The summed E-state index contributed by atoms with van der Waals surface area (Å²) in [5, 5.41) is 0. The van der Waals surface area contributed by atoms with Crippen LogP contribution in [0.1, 0.15) is 34.8 Å². The Morgan fingerprint density at radius 3 is 2.48 bits per heavy atom. The van der Waals surface area contributed by atoms with Crippen molar-refractivity contribution in [2.45, 2.75) is 19.3 Å². The van der Waals surface area contributed by atoms with Crippen LogP contribution in [0.3, 0.4) is 0 Å². The third-order valence-corrected chi connectivity index (χ3v) is 7.66. The van der Waals surface area contributed by atoms with E-state index in [-0.39, 0.29) is 0 Å². The van der Waals surface area contributed by atoms with Crippen LogP contribution in [0.15, 0.2) is 77.7 Å². The normalized spacial score (nSPS) is 16.2. The van der Waals surface area contributed by atoms with Gasteiger partial charge in [0.1, 0.15) is 0 Å². The van der Waals surface area contributed by atoms with Crippen LogP contribution in [-0.2, 0) is 4.74 Å². The van der Waals surface area contributed by atoms with Gasteiger partial charge in [-0.1, -0.05) is 0 Å². The molecule has 1 aromatic heterocycles. The molecular weight excluding hydrogens is 449 g/mol. The molecule has 0 radical (unpaired) electrons. The van der Waals surface area contributed by atoms with E-state index in [0.29, 0.717) is 27.0 Å². The van der Waals surface area contributed by atoms with Crippen LogP contribution in [0.4, 0.5) is 0 Å². The second kappa shape index (κ2) is 11.5. The molecule has 1 aliphatic rings. The fraction of sp³-hybridized carbons (Fsp3) is 0.333. The molecule has 1 unspecified atom stereocenters. The summed E-state index contributed by atoms with van der Waals surface area (Å²) in [6.07, 6.45) is 3.55. The van der Waals surface area contributed by atoms with Crippen molar-refractivity contribution in [2.75, 3.05) is 39.5 Å². The molecule has 3 nitrogen and oxygen atoms in total. The zero-order valence-electron chi connectivity index (χ0n) is 18.2. The Kier molecular flexibility index (Phi) is 8.20. The van der Waals surface area contributed by atoms with E-state index >= 15 is 0 Å². The SMILES string of the molecule is CCC(C=C(c1ccc(OCCN2CCOCC2)cc1)c1ccc[se]1)c1ccccc1. The number of hydrogen-bond acceptors (Lipinski definition) is 3. The van der Waals surface area contributed by atoms with Crippen molar-refractivity contribution in [3.63, 3.8) is 0 Å². The van der Waals surface area contributed by atoms with Crippen molar-refractivity contribution in [3.05, 3.63) is 93.3 Å². The van der Waals surface area contributed by atoms with Gasteiger partial charge < -0.3 is 4.74 Å². The summed E-state index contributed by atoms with van der Waals surface area (Å²) in [5.74, 6) is 1.36. The number of hydrogen-bond donors (Lipinski definition) is 0. The second-order valence-corrected chi connectivity index (χ2v) is 9.80. The molecule has 1 aliphatic heterocycles. The average Bonchev–Trinajstić information content (AvgIpc) is 3.36. The summed E-state index contributed by atoms with van der Waals surface area (Å²) in [4.78, 5) is 4.69.